The van der Waals surface area contributed by atoms with Crippen LogP contribution < -0.4 is 0 Å². The molecule has 0 amide bonds. The van der Waals surface area contributed by atoms with Crippen molar-refractivity contribution in [3.8, 4) is 0 Å². The lowest BCUT2D eigenvalue weighted by Gasteiger charge is -2.40. The van der Waals surface area contributed by atoms with E-state index < -0.39 is 68.3 Å². The molecule has 9 nitrogen and oxygen atoms in total. The first-order valence-corrected chi connectivity index (χ1v) is 6.81. The van der Waals surface area contributed by atoms with E-state index in [9.17, 15) is 25.5 Å². The number of hydrogen-bond donors (Lipinski definition) is 6. The molecule has 21 heavy (non-hydrogen) atoms. The van der Waals surface area contributed by atoms with E-state index in [-0.39, 0.29) is 0 Å². The van der Waals surface area contributed by atoms with Crippen molar-refractivity contribution < 1.29 is 44.8 Å². The summed E-state index contributed by atoms with van der Waals surface area (Å²) in [6.07, 6.45) is -10.4. The fraction of sp³-hybridized carbons (Fsp3) is 1.00. The first-order valence-electron chi connectivity index (χ1n) is 6.81. The minimum atomic E-state index is -1.52. The third kappa shape index (κ3) is 3.21. The van der Waals surface area contributed by atoms with Crippen LogP contribution in [0.3, 0.4) is 0 Å². The molecular weight excluding hydrogens is 288 g/mol. The molecule has 2 aliphatic rings. The van der Waals surface area contributed by atoms with Gasteiger partial charge in [0, 0.05) is 0 Å². The zero-order valence-electron chi connectivity index (χ0n) is 11.5. The molecule has 0 aromatic carbocycles. The zero-order valence-corrected chi connectivity index (χ0v) is 11.5. The predicted octanol–water partition coefficient (Wildman–Crippen LogP) is -3.69. The van der Waals surface area contributed by atoms with E-state index in [0.717, 1.165) is 0 Å². The van der Waals surface area contributed by atoms with Gasteiger partial charge in [-0.25, -0.2) is 0 Å². The summed E-state index contributed by atoms with van der Waals surface area (Å²) in [7, 11) is 0. The number of ether oxygens (including phenoxy) is 3. The molecule has 0 aromatic heterocycles. The van der Waals surface area contributed by atoms with Crippen LogP contribution in [0.25, 0.3) is 0 Å². The molecule has 6 N–H and O–H groups in total. The summed E-state index contributed by atoms with van der Waals surface area (Å²) in [6, 6.07) is 0. The van der Waals surface area contributed by atoms with Crippen LogP contribution in [0.15, 0.2) is 0 Å². The third-order valence-corrected chi connectivity index (χ3v) is 3.89. The average Bonchev–Trinajstić information content (AvgIpc) is 2.78. The van der Waals surface area contributed by atoms with Crippen LogP contribution in [0.1, 0.15) is 6.92 Å². The highest BCUT2D eigenvalue weighted by molar-refractivity contribution is 4.94. The Hall–Kier alpha value is -0.360. The molecule has 5 unspecified atom stereocenters. The highest BCUT2D eigenvalue weighted by atomic mass is 16.7. The van der Waals surface area contributed by atoms with Crippen LogP contribution in [0.2, 0.25) is 0 Å². The Morgan fingerprint density at radius 3 is 2.00 bits per heavy atom. The smallest absolute Gasteiger partial charge is 0.187 e. The second-order valence-electron chi connectivity index (χ2n) is 5.35. The van der Waals surface area contributed by atoms with Crippen molar-refractivity contribution in [3.63, 3.8) is 0 Å². The maximum absolute atomic E-state index is 9.98. The van der Waals surface area contributed by atoms with Crippen LogP contribution >= 0.6 is 0 Å². The zero-order chi connectivity index (χ0) is 15.7. The van der Waals surface area contributed by atoms with Gasteiger partial charge >= 0.3 is 0 Å². The molecule has 2 heterocycles. The number of hydrogen-bond acceptors (Lipinski definition) is 9. The van der Waals surface area contributed by atoms with Crippen molar-refractivity contribution in [3.05, 3.63) is 0 Å². The van der Waals surface area contributed by atoms with Gasteiger partial charge in [0.2, 0.25) is 0 Å². The molecule has 0 spiro atoms. The quantitative estimate of drug-likeness (QED) is 0.308. The molecule has 2 aliphatic heterocycles. The number of rotatable bonds is 4. The summed E-state index contributed by atoms with van der Waals surface area (Å²) in [5.41, 5.74) is 0. The van der Waals surface area contributed by atoms with Gasteiger partial charge in [0.1, 0.15) is 42.7 Å². The van der Waals surface area contributed by atoms with Crippen molar-refractivity contribution in [2.75, 3.05) is 13.2 Å². The van der Waals surface area contributed by atoms with Gasteiger partial charge in [-0.1, -0.05) is 0 Å². The minimum Gasteiger partial charge on any atom is -0.394 e. The van der Waals surface area contributed by atoms with Crippen LogP contribution in [0.4, 0.5) is 0 Å². The highest BCUT2D eigenvalue weighted by Crippen LogP contribution is 2.29. The molecule has 0 aliphatic carbocycles. The summed E-state index contributed by atoms with van der Waals surface area (Å²) in [4.78, 5) is 0. The van der Waals surface area contributed by atoms with Crippen LogP contribution in [0.5, 0.6) is 0 Å². The van der Waals surface area contributed by atoms with Crippen molar-refractivity contribution >= 4 is 0 Å². The van der Waals surface area contributed by atoms with E-state index in [1.165, 1.54) is 6.92 Å². The summed E-state index contributed by atoms with van der Waals surface area (Å²) in [5.74, 6) is 0. The summed E-state index contributed by atoms with van der Waals surface area (Å²) in [5, 5.41) is 57.4. The fourth-order valence-electron chi connectivity index (χ4n) is 2.56. The maximum atomic E-state index is 9.98. The SMILES string of the molecule is CC1O[C@@H](O[C@@H]2C(CO)O[C@H](CO)C2O)C(O)C(O)[C@@H]1O. The van der Waals surface area contributed by atoms with Crippen LogP contribution in [0, 0.1) is 0 Å². The predicted molar refractivity (Wildman–Crippen MR) is 66.1 cm³/mol. The molecule has 124 valence electrons. The topological polar surface area (TPSA) is 149 Å². The van der Waals surface area contributed by atoms with Gasteiger partial charge in [0.25, 0.3) is 0 Å². The minimum absolute atomic E-state index is 0.455. The van der Waals surface area contributed by atoms with Crippen molar-refractivity contribution in [1.29, 1.82) is 0 Å². The lowest BCUT2D eigenvalue weighted by atomic mass is 9.99. The largest absolute Gasteiger partial charge is 0.394 e. The molecule has 2 saturated heterocycles. The molecule has 0 bridgehead atoms. The van der Waals surface area contributed by atoms with E-state index in [4.69, 9.17) is 19.3 Å². The standard InChI is InChI=1S/C12H22O9/c1-4-7(15)9(17)10(18)12(19-4)21-11-6(3-14)20-5(2-13)8(11)16/h4-18H,2-3H2,1H3/t4?,5-,6?,7-,8?,9?,10?,11-,12+/m1/s1. The van der Waals surface area contributed by atoms with E-state index in [2.05, 4.69) is 0 Å². The van der Waals surface area contributed by atoms with E-state index in [1.54, 1.807) is 0 Å². The van der Waals surface area contributed by atoms with Crippen LogP contribution in [-0.4, -0.2) is 99.0 Å². The van der Waals surface area contributed by atoms with Gasteiger partial charge in [0.15, 0.2) is 6.29 Å². The monoisotopic (exact) mass is 310 g/mol. The van der Waals surface area contributed by atoms with Gasteiger partial charge in [-0.2, -0.15) is 0 Å². The van der Waals surface area contributed by atoms with Gasteiger partial charge in [-0.05, 0) is 6.92 Å². The van der Waals surface area contributed by atoms with Crippen molar-refractivity contribution in [1.82, 2.24) is 0 Å². The Bertz CT molecular complexity index is 339. The van der Waals surface area contributed by atoms with E-state index in [0.29, 0.717) is 0 Å². The second-order valence-corrected chi connectivity index (χ2v) is 5.35. The Labute approximate surface area is 121 Å². The molecule has 0 saturated carbocycles. The molecule has 2 fully saturated rings. The third-order valence-electron chi connectivity index (χ3n) is 3.89. The molecule has 0 aromatic rings. The average molecular weight is 310 g/mol. The summed E-state index contributed by atoms with van der Waals surface area (Å²) < 4.78 is 15.9. The summed E-state index contributed by atoms with van der Waals surface area (Å²) in [6.45, 7) is 0.586. The maximum Gasteiger partial charge on any atom is 0.187 e. The molecule has 0 radical (unpaired) electrons. The Kier molecular flexibility index (Phi) is 5.52. The highest BCUT2D eigenvalue weighted by Gasteiger charge is 2.49. The van der Waals surface area contributed by atoms with Crippen LogP contribution in [-0.2, 0) is 14.2 Å². The number of aliphatic hydroxyl groups excluding tert-OH is 6. The molecule has 2 rings (SSSR count). The Morgan fingerprint density at radius 1 is 0.810 bits per heavy atom. The van der Waals surface area contributed by atoms with Gasteiger partial charge < -0.3 is 44.8 Å². The lowest BCUT2D eigenvalue weighted by molar-refractivity contribution is -0.311. The number of aliphatic hydroxyl groups is 6. The Balaban J connectivity index is 2.05. The molecule has 9 heteroatoms. The summed E-state index contributed by atoms with van der Waals surface area (Å²) >= 11 is 0. The van der Waals surface area contributed by atoms with Gasteiger partial charge in [0.05, 0.1) is 19.3 Å². The molecular formula is C12H22O9. The van der Waals surface area contributed by atoms with Crippen molar-refractivity contribution in [2.45, 2.75) is 62.0 Å². The lowest BCUT2D eigenvalue weighted by Crippen LogP contribution is -2.59. The first kappa shape index (κ1) is 17.0. The van der Waals surface area contributed by atoms with Gasteiger partial charge in [-0.3, -0.25) is 0 Å². The Morgan fingerprint density at radius 2 is 1.43 bits per heavy atom. The van der Waals surface area contributed by atoms with E-state index >= 15 is 0 Å². The van der Waals surface area contributed by atoms with Gasteiger partial charge in [-0.15, -0.1) is 0 Å². The van der Waals surface area contributed by atoms with E-state index in [1.807, 2.05) is 0 Å². The second kappa shape index (κ2) is 6.82. The van der Waals surface area contributed by atoms with Crippen molar-refractivity contribution in [2.24, 2.45) is 0 Å². The molecule has 9 atom stereocenters. The first-order chi connectivity index (χ1) is 9.90. The normalized spacial score (nSPS) is 51.3. The fourth-order valence-corrected chi connectivity index (χ4v) is 2.56.